The van der Waals surface area contributed by atoms with Gasteiger partial charge in [-0.25, -0.2) is 0 Å². The number of rotatable bonds is 7. The Hall–Kier alpha value is -1.63. The first-order valence-corrected chi connectivity index (χ1v) is 6.16. The molecule has 108 valence electrons. The molecule has 1 aromatic heterocycles. The van der Waals surface area contributed by atoms with E-state index in [9.17, 15) is 4.79 Å². The number of carbonyl (C=O) groups is 1. The molecule has 0 aliphatic carbocycles. The molecule has 1 N–H and O–H groups in total. The predicted octanol–water partition coefficient (Wildman–Crippen LogP) is 0.899. The molecule has 0 fully saturated rings. The van der Waals surface area contributed by atoms with Gasteiger partial charge in [0, 0.05) is 25.7 Å². The zero-order chi connectivity index (χ0) is 14.3. The second kappa shape index (κ2) is 7.08. The van der Waals surface area contributed by atoms with Crippen LogP contribution in [0, 0.1) is 0 Å². The Morgan fingerprint density at radius 3 is 2.74 bits per heavy atom. The molecule has 0 aliphatic heterocycles. The van der Waals surface area contributed by atoms with Crippen molar-refractivity contribution in [3.05, 3.63) is 5.82 Å². The summed E-state index contributed by atoms with van der Waals surface area (Å²) in [6, 6.07) is 0. The molecule has 7 nitrogen and oxygen atoms in total. The lowest BCUT2D eigenvalue weighted by molar-refractivity contribution is -0.123. The van der Waals surface area contributed by atoms with Crippen molar-refractivity contribution in [3.63, 3.8) is 0 Å². The van der Waals surface area contributed by atoms with E-state index in [-0.39, 0.29) is 24.0 Å². The summed E-state index contributed by atoms with van der Waals surface area (Å²) in [4.78, 5) is 15.5. The minimum absolute atomic E-state index is 0.0111. The summed E-state index contributed by atoms with van der Waals surface area (Å²) >= 11 is 0. The van der Waals surface area contributed by atoms with Crippen LogP contribution in [0.1, 0.15) is 33.0 Å². The largest absolute Gasteiger partial charge is 0.439 e. The number of hydrogen-bond donors (Lipinski definition) is 1. The average molecular weight is 271 g/mol. The van der Waals surface area contributed by atoms with E-state index in [0.29, 0.717) is 19.0 Å². The summed E-state index contributed by atoms with van der Waals surface area (Å²) < 4.78 is 14.9. The number of carbonyl (C=O) groups excluding carboxylic acids is 1. The molecule has 1 amide bonds. The van der Waals surface area contributed by atoms with Crippen molar-refractivity contribution in [2.24, 2.45) is 0 Å². The van der Waals surface area contributed by atoms with Gasteiger partial charge in [0.1, 0.15) is 0 Å². The summed E-state index contributed by atoms with van der Waals surface area (Å²) in [5, 5.41) is 6.48. The molecule has 0 atom stereocenters. The van der Waals surface area contributed by atoms with Crippen molar-refractivity contribution in [1.82, 2.24) is 15.5 Å². The number of ether oxygens (including phenoxy) is 2. The Kier molecular flexibility index (Phi) is 5.75. The van der Waals surface area contributed by atoms with Gasteiger partial charge in [-0.1, -0.05) is 25.9 Å². The molecule has 0 saturated heterocycles. The van der Waals surface area contributed by atoms with Crippen molar-refractivity contribution in [2.45, 2.75) is 32.6 Å². The third-order valence-corrected chi connectivity index (χ3v) is 2.25. The third-order valence-electron chi connectivity index (χ3n) is 2.25. The van der Waals surface area contributed by atoms with Crippen LogP contribution in [0.2, 0.25) is 0 Å². The van der Waals surface area contributed by atoms with Crippen molar-refractivity contribution in [1.29, 1.82) is 0 Å². The number of amides is 1. The van der Waals surface area contributed by atoms with Gasteiger partial charge < -0.3 is 14.8 Å². The summed E-state index contributed by atoms with van der Waals surface area (Å²) in [6.45, 7) is 6.91. The number of aromatic nitrogens is 2. The normalized spacial score (nSPS) is 11.4. The highest BCUT2D eigenvalue weighted by Gasteiger charge is 2.21. The molecular weight excluding hydrogens is 250 g/mol. The maximum Gasteiger partial charge on any atom is 0.417 e. The topological polar surface area (TPSA) is 86.5 Å². The summed E-state index contributed by atoms with van der Waals surface area (Å²) in [6.07, 6.45) is 0.772. The fraction of sp³-hybridized carbons (Fsp3) is 0.750. The molecule has 0 aromatic carbocycles. The Bertz CT molecular complexity index is 398. The van der Waals surface area contributed by atoms with E-state index in [4.69, 9.17) is 14.0 Å². The molecule has 1 rings (SSSR count). The van der Waals surface area contributed by atoms with Gasteiger partial charge in [0.15, 0.2) is 12.4 Å². The van der Waals surface area contributed by atoms with Gasteiger partial charge in [0.25, 0.3) is 5.91 Å². The minimum atomic E-state index is -0.230. The van der Waals surface area contributed by atoms with Crippen LogP contribution in [0.3, 0.4) is 0 Å². The van der Waals surface area contributed by atoms with Gasteiger partial charge in [-0.3, -0.25) is 9.32 Å². The van der Waals surface area contributed by atoms with Crippen molar-refractivity contribution in [2.75, 3.05) is 26.9 Å². The van der Waals surface area contributed by atoms with Crippen molar-refractivity contribution < 1.29 is 18.8 Å². The second-order valence-corrected chi connectivity index (χ2v) is 5.12. The van der Waals surface area contributed by atoms with Gasteiger partial charge in [-0.15, -0.1) is 0 Å². The monoisotopic (exact) mass is 271 g/mol. The zero-order valence-electron chi connectivity index (χ0n) is 11.9. The van der Waals surface area contributed by atoms with E-state index in [2.05, 4.69) is 15.5 Å². The molecule has 0 bridgehead atoms. The summed E-state index contributed by atoms with van der Waals surface area (Å²) in [7, 11) is 1.62. The van der Waals surface area contributed by atoms with Crippen LogP contribution in [0.5, 0.6) is 6.08 Å². The van der Waals surface area contributed by atoms with Gasteiger partial charge in [-0.05, 0) is 6.42 Å². The number of methoxy groups -OCH3 is 1. The molecule has 0 aliphatic rings. The van der Waals surface area contributed by atoms with Crippen LogP contribution in [0.4, 0.5) is 0 Å². The second-order valence-electron chi connectivity index (χ2n) is 5.12. The Morgan fingerprint density at radius 2 is 2.16 bits per heavy atom. The van der Waals surface area contributed by atoms with Gasteiger partial charge in [0.2, 0.25) is 0 Å². The van der Waals surface area contributed by atoms with Crippen LogP contribution in [0.25, 0.3) is 0 Å². The quantitative estimate of drug-likeness (QED) is 0.741. The fourth-order valence-corrected chi connectivity index (χ4v) is 1.20. The van der Waals surface area contributed by atoms with Gasteiger partial charge in [0.05, 0.1) is 0 Å². The number of nitrogens with zero attached hydrogens (tertiary/aromatic N) is 2. The lowest BCUT2D eigenvalue weighted by Crippen LogP contribution is -2.30. The molecule has 0 spiro atoms. The first-order chi connectivity index (χ1) is 8.93. The van der Waals surface area contributed by atoms with E-state index >= 15 is 0 Å². The van der Waals surface area contributed by atoms with E-state index < -0.39 is 0 Å². The lowest BCUT2D eigenvalue weighted by Gasteiger charge is -2.10. The third kappa shape index (κ3) is 5.69. The molecule has 7 heteroatoms. The molecule has 1 aromatic rings. The van der Waals surface area contributed by atoms with Crippen LogP contribution in [-0.2, 0) is 14.9 Å². The van der Waals surface area contributed by atoms with E-state index in [1.807, 2.05) is 20.8 Å². The SMILES string of the molecule is COCCCNC(=O)COc1nc(C(C)(C)C)no1. The molecule has 19 heavy (non-hydrogen) atoms. The van der Waals surface area contributed by atoms with Crippen LogP contribution < -0.4 is 10.1 Å². The highest BCUT2D eigenvalue weighted by molar-refractivity contribution is 5.77. The van der Waals surface area contributed by atoms with Gasteiger partial charge >= 0.3 is 6.08 Å². The molecule has 0 radical (unpaired) electrons. The maximum atomic E-state index is 11.4. The Morgan fingerprint density at radius 1 is 1.42 bits per heavy atom. The van der Waals surface area contributed by atoms with Crippen LogP contribution >= 0.6 is 0 Å². The van der Waals surface area contributed by atoms with Gasteiger partial charge in [-0.2, -0.15) is 4.98 Å². The Labute approximate surface area is 112 Å². The van der Waals surface area contributed by atoms with Crippen LogP contribution in [0.15, 0.2) is 4.52 Å². The number of hydrogen-bond acceptors (Lipinski definition) is 6. The molecule has 0 saturated carbocycles. The summed E-state index contributed by atoms with van der Waals surface area (Å²) in [5.74, 6) is 0.314. The lowest BCUT2D eigenvalue weighted by atomic mass is 9.96. The molecular formula is C12H21N3O4. The van der Waals surface area contributed by atoms with E-state index in [0.717, 1.165) is 6.42 Å². The first kappa shape index (κ1) is 15.4. The van der Waals surface area contributed by atoms with Crippen molar-refractivity contribution >= 4 is 5.91 Å². The fourth-order valence-electron chi connectivity index (χ4n) is 1.20. The first-order valence-electron chi connectivity index (χ1n) is 6.16. The van der Waals surface area contributed by atoms with E-state index in [1.54, 1.807) is 7.11 Å². The standard InChI is InChI=1S/C12H21N3O4/c1-12(2,3)10-14-11(19-15-10)18-8-9(16)13-6-5-7-17-4/h5-8H2,1-4H3,(H,13,16). The van der Waals surface area contributed by atoms with Crippen molar-refractivity contribution in [3.8, 4) is 6.08 Å². The highest BCUT2D eigenvalue weighted by Crippen LogP contribution is 2.20. The average Bonchev–Trinajstić information content (AvgIpc) is 2.81. The maximum absolute atomic E-state index is 11.4. The smallest absolute Gasteiger partial charge is 0.417 e. The highest BCUT2D eigenvalue weighted by atomic mass is 16.6. The number of nitrogens with one attached hydrogen (secondary N) is 1. The molecule has 1 heterocycles. The molecule has 0 unspecified atom stereocenters. The zero-order valence-corrected chi connectivity index (χ0v) is 11.9. The van der Waals surface area contributed by atoms with E-state index in [1.165, 1.54) is 0 Å². The predicted molar refractivity (Wildman–Crippen MR) is 68.0 cm³/mol. The summed E-state index contributed by atoms with van der Waals surface area (Å²) in [5.41, 5.74) is -0.215. The minimum Gasteiger partial charge on any atom is -0.439 e. The van der Waals surface area contributed by atoms with Crippen LogP contribution in [-0.4, -0.2) is 42.9 Å². The Balaban J connectivity index is 2.28.